The average molecular weight is 228 g/mol. The van der Waals surface area contributed by atoms with Gasteiger partial charge in [0.15, 0.2) is 0 Å². The zero-order chi connectivity index (χ0) is 11.1. The van der Waals surface area contributed by atoms with Crippen molar-refractivity contribution in [2.45, 2.75) is 32.7 Å². The molecular formula is C12H15ClFN. The average Bonchev–Trinajstić information content (AvgIpc) is 2.90. The molecule has 0 bridgehead atoms. The third-order valence-corrected chi connectivity index (χ3v) is 3.70. The van der Waals surface area contributed by atoms with Crippen molar-refractivity contribution in [2.75, 3.05) is 5.32 Å². The quantitative estimate of drug-likeness (QED) is 0.821. The summed E-state index contributed by atoms with van der Waals surface area (Å²) in [5.41, 5.74) is 1.20. The minimum atomic E-state index is -0.296. The monoisotopic (exact) mass is 227 g/mol. The zero-order valence-corrected chi connectivity index (χ0v) is 9.74. The van der Waals surface area contributed by atoms with Gasteiger partial charge in [-0.25, -0.2) is 4.39 Å². The fraction of sp³-hybridized carbons (Fsp3) is 0.500. The van der Waals surface area contributed by atoms with Gasteiger partial charge in [0.1, 0.15) is 5.82 Å². The lowest BCUT2D eigenvalue weighted by Crippen LogP contribution is -2.25. The Hall–Kier alpha value is -0.760. The predicted molar refractivity (Wildman–Crippen MR) is 61.8 cm³/mol. The molecule has 3 heteroatoms. The maximum absolute atomic E-state index is 12.8. The molecule has 1 aromatic rings. The summed E-state index contributed by atoms with van der Waals surface area (Å²) >= 11 is 5.94. The van der Waals surface area contributed by atoms with Crippen LogP contribution in [0, 0.1) is 11.2 Å². The van der Waals surface area contributed by atoms with E-state index in [-0.39, 0.29) is 5.82 Å². The summed E-state index contributed by atoms with van der Waals surface area (Å²) < 4.78 is 12.8. The Balaban J connectivity index is 2.10. The second-order valence-corrected chi connectivity index (χ2v) is 5.05. The van der Waals surface area contributed by atoms with Crippen molar-refractivity contribution in [3.05, 3.63) is 29.0 Å². The predicted octanol–water partition coefficient (Wildman–Crippen LogP) is 4.08. The lowest BCUT2D eigenvalue weighted by atomic mass is 10.0. The van der Waals surface area contributed by atoms with Gasteiger partial charge in [0.05, 0.1) is 10.7 Å². The van der Waals surface area contributed by atoms with Gasteiger partial charge in [-0.3, -0.25) is 0 Å². The van der Waals surface area contributed by atoms with Crippen LogP contribution in [0.4, 0.5) is 10.1 Å². The smallest absolute Gasteiger partial charge is 0.124 e. The number of hydrogen-bond donors (Lipinski definition) is 1. The summed E-state index contributed by atoms with van der Waals surface area (Å²) in [7, 11) is 0. The number of nitrogens with one attached hydrogen (secondary N) is 1. The van der Waals surface area contributed by atoms with Crippen LogP contribution >= 0.6 is 11.6 Å². The van der Waals surface area contributed by atoms with Crippen LogP contribution in [0.2, 0.25) is 5.02 Å². The molecule has 1 unspecified atom stereocenters. The molecule has 1 aliphatic carbocycles. The maximum atomic E-state index is 12.8. The molecule has 0 aromatic heterocycles. The lowest BCUT2D eigenvalue weighted by Gasteiger charge is -2.22. The Morgan fingerprint density at radius 3 is 2.67 bits per heavy atom. The van der Waals surface area contributed by atoms with Crippen LogP contribution in [0.15, 0.2) is 18.2 Å². The molecule has 1 nitrogen and oxygen atoms in total. The summed E-state index contributed by atoms with van der Waals surface area (Å²) in [5.74, 6) is -0.296. The van der Waals surface area contributed by atoms with Gasteiger partial charge in [0.2, 0.25) is 0 Å². The van der Waals surface area contributed by atoms with E-state index < -0.39 is 0 Å². The minimum Gasteiger partial charge on any atom is -0.381 e. The molecule has 1 aliphatic rings. The van der Waals surface area contributed by atoms with Crippen molar-refractivity contribution >= 4 is 17.3 Å². The van der Waals surface area contributed by atoms with Crippen LogP contribution in [0.3, 0.4) is 0 Å². The van der Waals surface area contributed by atoms with Crippen LogP contribution in [0.5, 0.6) is 0 Å². The summed E-state index contributed by atoms with van der Waals surface area (Å²) in [6.07, 6.45) is 2.50. The highest BCUT2D eigenvalue weighted by molar-refractivity contribution is 6.33. The van der Waals surface area contributed by atoms with Crippen molar-refractivity contribution in [3.63, 3.8) is 0 Å². The number of rotatable bonds is 3. The lowest BCUT2D eigenvalue weighted by molar-refractivity contribution is 0.493. The first-order valence-corrected chi connectivity index (χ1v) is 5.61. The molecule has 1 atom stereocenters. The molecule has 0 heterocycles. The standard InChI is InChI=1S/C12H15ClFN/c1-8(12(2)5-6-12)15-11-4-3-9(14)7-10(11)13/h3-4,7-8,15H,5-6H2,1-2H3. The topological polar surface area (TPSA) is 12.0 Å². The number of benzene rings is 1. The van der Waals surface area contributed by atoms with Crippen LogP contribution in [0.25, 0.3) is 0 Å². The van der Waals surface area contributed by atoms with Gasteiger partial charge in [-0.1, -0.05) is 18.5 Å². The van der Waals surface area contributed by atoms with Crippen molar-refractivity contribution in [2.24, 2.45) is 5.41 Å². The normalized spacial score (nSPS) is 19.7. The first-order valence-electron chi connectivity index (χ1n) is 5.23. The Morgan fingerprint density at radius 2 is 2.13 bits per heavy atom. The van der Waals surface area contributed by atoms with E-state index in [2.05, 4.69) is 19.2 Å². The fourth-order valence-corrected chi connectivity index (χ4v) is 1.87. The van der Waals surface area contributed by atoms with E-state index >= 15 is 0 Å². The van der Waals surface area contributed by atoms with Crippen LogP contribution in [-0.2, 0) is 0 Å². The molecule has 2 rings (SSSR count). The summed E-state index contributed by atoms with van der Waals surface area (Å²) in [6, 6.07) is 4.84. The summed E-state index contributed by atoms with van der Waals surface area (Å²) in [5, 5.41) is 3.79. The number of halogens is 2. The highest BCUT2D eigenvalue weighted by Gasteiger charge is 2.42. The van der Waals surface area contributed by atoms with Gasteiger partial charge in [-0.15, -0.1) is 0 Å². The van der Waals surface area contributed by atoms with E-state index in [1.807, 2.05) is 0 Å². The highest BCUT2D eigenvalue weighted by Crippen LogP contribution is 2.49. The molecule has 15 heavy (non-hydrogen) atoms. The number of hydrogen-bond acceptors (Lipinski definition) is 1. The summed E-state index contributed by atoms with van der Waals surface area (Å²) in [4.78, 5) is 0. The van der Waals surface area contributed by atoms with E-state index in [9.17, 15) is 4.39 Å². The van der Waals surface area contributed by atoms with Gasteiger partial charge in [0.25, 0.3) is 0 Å². The number of anilines is 1. The van der Waals surface area contributed by atoms with Crippen molar-refractivity contribution in [1.82, 2.24) is 0 Å². The molecule has 1 aromatic carbocycles. The molecule has 0 radical (unpaired) electrons. The molecule has 82 valence electrons. The first-order chi connectivity index (χ1) is 7.01. The fourth-order valence-electron chi connectivity index (χ4n) is 1.64. The van der Waals surface area contributed by atoms with E-state index in [1.165, 1.54) is 25.0 Å². The molecule has 0 spiro atoms. The minimum absolute atomic E-state index is 0.296. The molecule has 0 aliphatic heterocycles. The molecule has 1 fully saturated rings. The molecule has 1 saturated carbocycles. The first kappa shape index (κ1) is 10.7. The van der Waals surface area contributed by atoms with Crippen LogP contribution < -0.4 is 5.32 Å². The Bertz CT molecular complexity index is 374. The van der Waals surface area contributed by atoms with Gasteiger partial charge in [-0.05, 0) is 43.4 Å². The van der Waals surface area contributed by atoms with E-state index in [0.29, 0.717) is 16.5 Å². The molecule has 1 N–H and O–H groups in total. The third-order valence-electron chi connectivity index (χ3n) is 3.39. The largest absolute Gasteiger partial charge is 0.381 e. The van der Waals surface area contributed by atoms with E-state index in [4.69, 9.17) is 11.6 Å². The third kappa shape index (κ3) is 2.25. The Kier molecular flexibility index (Phi) is 2.63. The van der Waals surface area contributed by atoms with Crippen LogP contribution in [0.1, 0.15) is 26.7 Å². The van der Waals surface area contributed by atoms with Gasteiger partial charge in [-0.2, -0.15) is 0 Å². The highest BCUT2D eigenvalue weighted by atomic mass is 35.5. The van der Waals surface area contributed by atoms with Gasteiger partial charge >= 0.3 is 0 Å². The van der Waals surface area contributed by atoms with E-state index in [0.717, 1.165) is 5.69 Å². The van der Waals surface area contributed by atoms with Crippen molar-refractivity contribution in [1.29, 1.82) is 0 Å². The SMILES string of the molecule is CC(Nc1ccc(F)cc1Cl)C1(C)CC1. The van der Waals surface area contributed by atoms with Crippen molar-refractivity contribution < 1.29 is 4.39 Å². The van der Waals surface area contributed by atoms with Gasteiger partial charge < -0.3 is 5.32 Å². The molecule has 0 saturated heterocycles. The summed E-state index contributed by atoms with van der Waals surface area (Å²) in [6.45, 7) is 4.40. The zero-order valence-electron chi connectivity index (χ0n) is 8.98. The van der Waals surface area contributed by atoms with Crippen LogP contribution in [-0.4, -0.2) is 6.04 Å². The maximum Gasteiger partial charge on any atom is 0.124 e. The molecular weight excluding hydrogens is 213 g/mol. The van der Waals surface area contributed by atoms with E-state index in [1.54, 1.807) is 6.07 Å². The molecule has 0 amide bonds. The van der Waals surface area contributed by atoms with Gasteiger partial charge in [0, 0.05) is 6.04 Å². The van der Waals surface area contributed by atoms with Crippen molar-refractivity contribution in [3.8, 4) is 0 Å². The Labute approximate surface area is 94.6 Å². The Morgan fingerprint density at radius 1 is 1.47 bits per heavy atom. The second kappa shape index (κ2) is 3.67. The second-order valence-electron chi connectivity index (χ2n) is 4.64.